The molecule has 4 aromatic carbocycles. The number of para-hydroxylation sites is 1. The number of carbonyl (C=O) groups excluding carboxylic acids is 3. The number of rotatable bonds is 10. The summed E-state index contributed by atoms with van der Waals surface area (Å²) >= 11 is 4.73. The highest BCUT2D eigenvalue weighted by atomic mass is 79.9. The molecule has 232 valence electrons. The zero-order chi connectivity index (χ0) is 32.6. The van der Waals surface area contributed by atoms with Gasteiger partial charge in [-0.05, 0) is 79.2 Å². The highest BCUT2D eigenvalue weighted by Crippen LogP contribution is 2.22. The van der Waals surface area contributed by atoms with Crippen LogP contribution in [0.1, 0.15) is 21.6 Å². The molecule has 0 fully saturated rings. The van der Waals surface area contributed by atoms with Crippen molar-refractivity contribution >= 4 is 62.9 Å². The van der Waals surface area contributed by atoms with E-state index in [0.29, 0.717) is 22.6 Å². The Hall–Kier alpha value is -5.13. The molecule has 0 saturated carbocycles. The molecule has 0 saturated heterocycles. The van der Waals surface area contributed by atoms with Gasteiger partial charge in [-0.3, -0.25) is 23.9 Å². The van der Waals surface area contributed by atoms with Gasteiger partial charge in [0.05, 0.1) is 17.1 Å². The van der Waals surface area contributed by atoms with Crippen LogP contribution in [0.25, 0.3) is 11.8 Å². The molecule has 0 aliphatic rings. The van der Waals surface area contributed by atoms with Gasteiger partial charge in [0.15, 0.2) is 0 Å². The van der Waals surface area contributed by atoms with Crippen molar-refractivity contribution in [1.82, 2.24) is 14.7 Å². The minimum Gasteiger partial charge on any atom is -0.321 e. The van der Waals surface area contributed by atoms with Crippen LogP contribution in [0.5, 0.6) is 0 Å². The van der Waals surface area contributed by atoms with Crippen molar-refractivity contribution in [2.45, 2.75) is 11.8 Å². The van der Waals surface area contributed by atoms with Gasteiger partial charge in [0.25, 0.3) is 17.4 Å². The maximum absolute atomic E-state index is 13.3. The van der Waals surface area contributed by atoms with E-state index >= 15 is 0 Å². The van der Waals surface area contributed by atoms with Crippen LogP contribution in [-0.4, -0.2) is 32.8 Å². The van der Waals surface area contributed by atoms with E-state index in [0.717, 1.165) is 14.9 Å². The Labute approximate surface area is 278 Å². The molecule has 5 aromatic rings. The van der Waals surface area contributed by atoms with Crippen LogP contribution >= 0.6 is 27.7 Å². The van der Waals surface area contributed by atoms with Crippen LogP contribution in [0.2, 0.25) is 0 Å². The Morgan fingerprint density at radius 1 is 0.848 bits per heavy atom. The Morgan fingerprint density at radius 3 is 2.20 bits per heavy atom. The molecule has 3 N–H and O–H groups in total. The minimum atomic E-state index is -0.497. The van der Waals surface area contributed by atoms with E-state index in [9.17, 15) is 19.2 Å². The molecular formula is C35H30BrN5O4S. The van der Waals surface area contributed by atoms with Gasteiger partial charge in [-0.2, -0.15) is 0 Å². The number of nitrogens with one attached hydrogen (secondary N) is 3. The quantitative estimate of drug-likeness (QED) is 0.116. The SMILES string of the molecule is Cc1c(NC(=O)CSc2ccc(NC(=O)/C(=C/c3cccc(Br)c3)NC(=O)c3ccccc3)cc2)c(=O)n(-c2ccccc2)n1C. The molecule has 9 nitrogen and oxygen atoms in total. The van der Waals surface area contributed by atoms with Crippen molar-refractivity contribution in [3.63, 3.8) is 0 Å². The van der Waals surface area contributed by atoms with E-state index in [2.05, 4.69) is 31.9 Å². The third-order valence-corrected chi connectivity index (χ3v) is 8.49. The number of hydrogen-bond donors (Lipinski definition) is 3. The highest BCUT2D eigenvalue weighted by molar-refractivity contribution is 9.10. The summed E-state index contributed by atoms with van der Waals surface area (Å²) in [6.45, 7) is 1.78. The van der Waals surface area contributed by atoms with Gasteiger partial charge in [0.1, 0.15) is 11.4 Å². The van der Waals surface area contributed by atoms with Crippen molar-refractivity contribution in [3.8, 4) is 5.69 Å². The fourth-order valence-electron chi connectivity index (χ4n) is 4.58. The molecule has 0 bridgehead atoms. The summed E-state index contributed by atoms with van der Waals surface area (Å²) < 4.78 is 4.05. The largest absolute Gasteiger partial charge is 0.321 e. The third kappa shape index (κ3) is 7.92. The molecule has 46 heavy (non-hydrogen) atoms. The zero-order valence-corrected chi connectivity index (χ0v) is 27.4. The fraction of sp³-hybridized carbons (Fsp3) is 0.0857. The Bertz CT molecular complexity index is 1970. The molecule has 0 aliphatic heterocycles. The second-order valence-electron chi connectivity index (χ2n) is 10.2. The van der Waals surface area contributed by atoms with Crippen LogP contribution < -0.4 is 21.5 Å². The van der Waals surface area contributed by atoms with Crippen LogP contribution in [0, 0.1) is 6.92 Å². The molecule has 0 radical (unpaired) electrons. The molecule has 3 amide bonds. The summed E-state index contributed by atoms with van der Waals surface area (Å²) in [5.74, 6) is -1.14. The van der Waals surface area contributed by atoms with Crippen LogP contribution in [0.15, 0.2) is 129 Å². The number of hydrogen-bond acceptors (Lipinski definition) is 5. The number of carbonyl (C=O) groups is 3. The Morgan fingerprint density at radius 2 is 1.52 bits per heavy atom. The first-order valence-electron chi connectivity index (χ1n) is 14.2. The first kappa shape index (κ1) is 32.3. The zero-order valence-electron chi connectivity index (χ0n) is 25.0. The van der Waals surface area contributed by atoms with Gasteiger partial charge in [-0.15, -0.1) is 11.8 Å². The molecule has 1 aromatic heterocycles. The summed E-state index contributed by atoms with van der Waals surface area (Å²) in [5.41, 5.74) is 3.00. The van der Waals surface area contributed by atoms with E-state index < -0.39 is 11.8 Å². The normalized spacial score (nSPS) is 11.2. The van der Waals surface area contributed by atoms with Crippen LogP contribution in [0.4, 0.5) is 11.4 Å². The van der Waals surface area contributed by atoms with E-state index in [1.807, 2.05) is 60.7 Å². The highest BCUT2D eigenvalue weighted by Gasteiger charge is 2.19. The van der Waals surface area contributed by atoms with Crippen molar-refractivity contribution in [1.29, 1.82) is 0 Å². The molecule has 11 heteroatoms. The van der Waals surface area contributed by atoms with Gasteiger partial charge < -0.3 is 16.0 Å². The monoisotopic (exact) mass is 695 g/mol. The molecule has 5 rings (SSSR count). The standard InChI is InChI=1S/C35H30BrN5O4S/c1-23-32(35(45)41(40(23)2)28-14-7-4-8-15-28)39-31(42)22-46-29-18-16-27(17-19-29)37-34(44)30(21-24-10-9-13-26(36)20-24)38-33(43)25-11-5-3-6-12-25/h3-21H,22H2,1-2H3,(H,37,44)(H,38,43)(H,39,42)/b30-21-. The number of aromatic nitrogens is 2. The van der Waals surface area contributed by atoms with E-state index in [-0.39, 0.29) is 28.6 Å². The predicted octanol–water partition coefficient (Wildman–Crippen LogP) is 6.39. The summed E-state index contributed by atoms with van der Waals surface area (Å²) in [4.78, 5) is 52.9. The smallest absolute Gasteiger partial charge is 0.295 e. The number of nitrogens with zero attached hydrogens (tertiary/aromatic N) is 2. The number of benzene rings is 4. The van der Waals surface area contributed by atoms with Gasteiger partial charge in [0, 0.05) is 27.7 Å². The van der Waals surface area contributed by atoms with Crippen molar-refractivity contribution in [3.05, 3.63) is 147 Å². The van der Waals surface area contributed by atoms with Crippen LogP contribution in [-0.2, 0) is 16.6 Å². The predicted molar refractivity (Wildman–Crippen MR) is 186 cm³/mol. The third-order valence-electron chi connectivity index (χ3n) is 6.99. The number of amides is 3. The fourth-order valence-corrected chi connectivity index (χ4v) is 5.69. The molecule has 0 unspecified atom stereocenters. The lowest BCUT2D eigenvalue weighted by molar-refractivity contribution is -0.114. The molecule has 0 atom stereocenters. The number of anilines is 2. The van der Waals surface area contributed by atoms with Gasteiger partial charge >= 0.3 is 0 Å². The first-order valence-corrected chi connectivity index (χ1v) is 16.0. The average molecular weight is 697 g/mol. The molecule has 1 heterocycles. The summed E-state index contributed by atoms with van der Waals surface area (Å²) in [5, 5.41) is 8.32. The Balaban J connectivity index is 1.23. The lowest BCUT2D eigenvalue weighted by atomic mass is 10.1. The second kappa shape index (κ2) is 14.8. The van der Waals surface area contributed by atoms with Crippen molar-refractivity contribution < 1.29 is 14.4 Å². The van der Waals surface area contributed by atoms with E-state index in [1.165, 1.54) is 16.4 Å². The van der Waals surface area contributed by atoms with Gasteiger partial charge in [0.2, 0.25) is 5.91 Å². The Kier molecular flexibility index (Phi) is 10.4. The maximum Gasteiger partial charge on any atom is 0.295 e. The summed E-state index contributed by atoms with van der Waals surface area (Å²) in [6.07, 6.45) is 1.60. The molecule has 0 aliphatic carbocycles. The minimum absolute atomic E-state index is 0.0737. The van der Waals surface area contributed by atoms with E-state index in [4.69, 9.17) is 0 Å². The molecule has 0 spiro atoms. The van der Waals surface area contributed by atoms with Crippen molar-refractivity contribution in [2.75, 3.05) is 16.4 Å². The maximum atomic E-state index is 13.3. The van der Waals surface area contributed by atoms with E-state index in [1.54, 1.807) is 73.3 Å². The average Bonchev–Trinajstić information content (AvgIpc) is 3.27. The lowest BCUT2D eigenvalue weighted by Crippen LogP contribution is -2.30. The lowest BCUT2D eigenvalue weighted by Gasteiger charge is -2.12. The van der Waals surface area contributed by atoms with Crippen LogP contribution in [0.3, 0.4) is 0 Å². The van der Waals surface area contributed by atoms with Gasteiger partial charge in [-0.1, -0.05) is 64.5 Å². The number of thioether (sulfide) groups is 1. The summed E-state index contributed by atoms with van der Waals surface area (Å²) in [6, 6.07) is 32.2. The van der Waals surface area contributed by atoms with Gasteiger partial charge in [-0.25, -0.2) is 4.68 Å². The first-order chi connectivity index (χ1) is 22.2. The topological polar surface area (TPSA) is 114 Å². The van der Waals surface area contributed by atoms with Crippen molar-refractivity contribution in [2.24, 2.45) is 7.05 Å². The molecular weight excluding hydrogens is 666 g/mol. The second-order valence-corrected chi connectivity index (χ2v) is 12.1. The number of halogens is 1. The summed E-state index contributed by atoms with van der Waals surface area (Å²) in [7, 11) is 1.77.